The van der Waals surface area contributed by atoms with E-state index in [-0.39, 0.29) is 17.9 Å². The fraction of sp³-hybridized carbons (Fsp3) is 0.500. The summed E-state index contributed by atoms with van der Waals surface area (Å²) in [4.78, 5) is 30.7. The van der Waals surface area contributed by atoms with Crippen LogP contribution in [0.25, 0.3) is 11.0 Å². The Morgan fingerprint density at radius 1 is 1.32 bits per heavy atom. The molecule has 0 radical (unpaired) electrons. The van der Waals surface area contributed by atoms with Crippen molar-refractivity contribution in [2.45, 2.75) is 33.2 Å². The molecule has 1 N–H and O–H groups in total. The van der Waals surface area contributed by atoms with Crippen molar-refractivity contribution in [1.82, 2.24) is 14.5 Å². The molecule has 1 aromatic heterocycles. The molecule has 0 saturated carbocycles. The Labute approximate surface area is 147 Å². The summed E-state index contributed by atoms with van der Waals surface area (Å²) >= 11 is 0. The number of likely N-dealkylation sites (tertiary alicyclic amines) is 1. The average molecular weight is 344 g/mol. The smallest absolute Gasteiger partial charge is 0.409 e. The number of hydrogen-bond donors (Lipinski definition) is 1. The number of nitrogens with zero attached hydrogens (tertiary/aromatic N) is 3. The normalized spacial score (nSPS) is 17.5. The zero-order valence-corrected chi connectivity index (χ0v) is 14.7. The zero-order chi connectivity index (χ0) is 17.8. The number of amides is 2. The highest BCUT2D eigenvalue weighted by molar-refractivity contribution is 5.93. The standard InChI is InChI=1S/C18H24N4O3/c1-3-22-15-10-6-5-9-14(15)19-17(22)20-16(23)13-8-7-11-21(12-13)18(24)25-4-2/h5-6,9-10,13H,3-4,7-8,11-12H2,1-2H3,(H,19,20,23). The number of aryl methyl sites for hydroxylation is 1. The van der Waals surface area contributed by atoms with Crippen molar-refractivity contribution in [1.29, 1.82) is 0 Å². The maximum absolute atomic E-state index is 12.7. The van der Waals surface area contributed by atoms with E-state index in [0.717, 1.165) is 30.4 Å². The fourth-order valence-corrected chi connectivity index (χ4v) is 3.28. The molecule has 1 aliphatic heterocycles. The third-order valence-corrected chi connectivity index (χ3v) is 4.52. The van der Waals surface area contributed by atoms with Gasteiger partial charge in [-0.2, -0.15) is 0 Å². The van der Waals surface area contributed by atoms with Gasteiger partial charge in [0.15, 0.2) is 0 Å². The number of para-hydroxylation sites is 2. The maximum atomic E-state index is 12.7. The first-order valence-corrected chi connectivity index (χ1v) is 8.81. The molecule has 134 valence electrons. The molecular formula is C18H24N4O3. The van der Waals surface area contributed by atoms with E-state index in [1.807, 2.05) is 35.8 Å². The Bertz CT molecular complexity index is 771. The number of carbonyl (C=O) groups excluding carboxylic acids is 2. The number of carbonyl (C=O) groups is 2. The van der Waals surface area contributed by atoms with Gasteiger partial charge in [0.2, 0.25) is 11.9 Å². The number of aromatic nitrogens is 2. The highest BCUT2D eigenvalue weighted by atomic mass is 16.6. The first-order chi connectivity index (χ1) is 12.1. The van der Waals surface area contributed by atoms with Crippen LogP contribution in [0.5, 0.6) is 0 Å². The lowest BCUT2D eigenvalue weighted by molar-refractivity contribution is -0.121. The van der Waals surface area contributed by atoms with Gasteiger partial charge in [0.05, 0.1) is 23.6 Å². The summed E-state index contributed by atoms with van der Waals surface area (Å²) in [5, 5.41) is 2.95. The van der Waals surface area contributed by atoms with Crippen LogP contribution < -0.4 is 5.32 Å². The van der Waals surface area contributed by atoms with E-state index in [1.54, 1.807) is 11.8 Å². The van der Waals surface area contributed by atoms with Crippen molar-refractivity contribution in [3.8, 4) is 0 Å². The fourth-order valence-electron chi connectivity index (χ4n) is 3.28. The highest BCUT2D eigenvalue weighted by Crippen LogP contribution is 2.22. The molecule has 2 amide bonds. The molecule has 1 aliphatic rings. The van der Waals surface area contributed by atoms with Crippen LogP contribution in [-0.2, 0) is 16.1 Å². The number of hydrogen-bond acceptors (Lipinski definition) is 4. The predicted octanol–water partition coefficient (Wildman–Crippen LogP) is 2.86. The number of benzene rings is 1. The summed E-state index contributed by atoms with van der Waals surface area (Å²) in [7, 11) is 0. The van der Waals surface area contributed by atoms with Gasteiger partial charge in [-0.25, -0.2) is 9.78 Å². The lowest BCUT2D eigenvalue weighted by Crippen LogP contribution is -2.44. The number of piperidine rings is 1. The van der Waals surface area contributed by atoms with Gasteiger partial charge in [0.25, 0.3) is 0 Å². The second-order valence-electron chi connectivity index (χ2n) is 6.14. The van der Waals surface area contributed by atoms with Crippen molar-refractivity contribution in [2.75, 3.05) is 25.0 Å². The molecule has 2 heterocycles. The number of ether oxygens (including phenoxy) is 1. The van der Waals surface area contributed by atoms with Gasteiger partial charge in [-0.05, 0) is 38.8 Å². The van der Waals surface area contributed by atoms with Crippen molar-refractivity contribution in [2.24, 2.45) is 5.92 Å². The largest absolute Gasteiger partial charge is 0.450 e. The maximum Gasteiger partial charge on any atom is 0.409 e. The molecule has 1 unspecified atom stereocenters. The lowest BCUT2D eigenvalue weighted by Gasteiger charge is -2.31. The first-order valence-electron chi connectivity index (χ1n) is 8.81. The van der Waals surface area contributed by atoms with Gasteiger partial charge in [-0.3, -0.25) is 10.1 Å². The van der Waals surface area contributed by atoms with Crippen LogP contribution in [-0.4, -0.2) is 46.1 Å². The molecule has 1 fully saturated rings. The van der Waals surface area contributed by atoms with E-state index in [2.05, 4.69) is 10.3 Å². The third-order valence-electron chi connectivity index (χ3n) is 4.52. The predicted molar refractivity (Wildman–Crippen MR) is 95.4 cm³/mol. The third kappa shape index (κ3) is 3.60. The topological polar surface area (TPSA) is 76.5 Å². The number of fused-ring (bicyclic) bond motifs is 1. The van der Waals surface area contributed by atoms with Gasteiger partial charge >= 0.3 is 6.09 Å². The minimum absolute atomic E-state index is 0.0981. The molecule has 25 heavy (non-hydrogen) atoms. The zero-order valence-electron chi connectivity index (χ0n) is 14.7. The van der Waals surface area contributed by atoms with Crippen LogP contribution in [0.3, 0.4) is 0 Å². The van der Waals surface area contributed by atoms with Crippen LogP contribution in [0, 0.1) is 5.92 Å². The molecule has 2 aromatic rings. The molecule has 1 aromatic carbocycles. The Morgan fingerprint density at radius 2 is 2.12 bits per heavy atom. The Kier molecular flexibility index (Phi) is 5.21. The molecule has 0 spiro atoms. The van der Waals surface area contributed by atoms with Crippen LogP contribution in [0.4, 0.5) is 10.7 Å². The number of imidazole rings is 1. The Morgan fingerprint density at radius 3 is 2.88 bits per heavy atom. The Hall–Kier alpha value is -2.57. The van der Waals surface area contributed by atoms with Crippen LogP contribution in [0.2, 0.25) is 0 Å². The van der Waals surface area contributed by atoms with Gasteiger partial charge in [-0.15, -0.1) is 0 Å². The average Bonchev–Trinajstić information content (AvgIpc) is 2.99. The monoisotopic (exact) mass is 344 g/mol. The van der Waals surface area contributed by atoms with Gasteiger partial charge in [-0.1, -0.05) is 12.1 Å². The van der Waals surface area contributed by atoms with Crippen molar-refractivity contribution in [3.63, 3.8) is 0 Å². The molecule has 1 saturated heterocycles. The molecule has 0 aliphatic carbocycles. The minimum atomic E-state index is -0.346. The van der Waals surface area contributed by atoms with Crippen molar-refractivity contribution in [3.05, 3.63) is 24.3 Å². The SMILES string of the molecule is CCOC(=O)N1CCCC(C(=O)Nc2nc3ccccc3n2CC)C1. The van der Waals surface area contributed by atoms with Gasteiger partial charge < -0.3 is 14.2 Å². The van der Waals surface area contributed by atoms with Crippen molar-refractivity contribution >= 4 is 29.0 Å². The molecule has 7 heteroatoms. The number of anilines is 1. The summed E-state index contributed by atoms with van der Waals surface area (Å²) in [5.41, 5.74) is 1.86. The molecule has 1 atom stereocenters. The summed E-state index contributed by atoms with van der Waals surface area (Å²) in [5.74, 6) is 0.212. The molecule has 7 nitrogen and oxygen atoms in total. The molecular weight excluding hydrogens is 320 g/mol. The first kappa shape index (κ1) is 17.3. The van der Waals surface area contributed by atoms with Gasteiger partial charge in [0, 0.05) is 19.6 Å². The highest BCUT2D eigenvalue weighted by Gasteiger charge is 2.29. The summed E-state index contributed by atoms with van der Waals surface area (Å²) in [6.45, 7) is 5.88. The van der Waals surface area contributed by atoms with Crippen LogP contribution >= 0.6 is 0 Å². The number of rotatable bonds is 4. The lowest BCUT2D eigenvalue weighted by atomic mass is 9.97. The summed E-state index contributed by atoms with van der Waals surface area (Å²) in [6.07, 6.45) is 1.20. The van der Waals surface area contributed by atoms with E-state index in [0.29, 0.717) is 25.6 Å². The van der Waals surface area contributed by atoms with E-state index >= 15 is 0 Å². The van der Waals surface area contributed by atoms with Crippen molar-refractivity contribution < 1.29 is 14.3 Å². The number of nitrogens with one attached hydrogen (secondary N) is 1. The van der Waals surface area contributed by atoms with Crippen LogP contribution in [0.15, 0.2) is 24.3 Å². The molecule has 3 rings (SSSR count). The molecule has 0 bridgehead atoms. The van der Waals surface area contributed by atoms with E-state index < -0.39 is 0 Å². The quantitative estimate of drug-likeness (QED) is 0.925. The van der Waals surface area contributed by atoms with E-state index in [4.69, 9.17) is 4.74 Å². The summed E-state index contributed by atoms with van der Waals surface area (Å²) < 4.78 is 7.03. The second kappa shape index (κ2) is 7.55. The Balaban J connectivity index is 1.73. The summed E-state index contributed by atoms with van der Waals surface area (Å²) in [6, 6.07) is 7.81. The van der Waals surface area contributed by atoms with E-state index in [1.165, 1.54) is 0 Å². The minimum Gasteiger partial charge on any atom is -0.450 e. The van der Waals surface area contributed by atoms with Gasteiger partial charge in [0.1, 0.15) is 0 Å². The second-order valence-corrected chi connectivity index (χ2v) is 6.14. The van der Waals surface area contributed by atoms with Crippen LogP contribution in [0.1, 0.15) is 26.7 Å². The van der Waals surface area contributed by atoms with E-state index in [9.17, 15) is 9.59 Å².